The lowest BCUT2D eigenvalue weighted by Crippen LogP contribution is -2.03. The Morgan fingerprint density at radius 1 is 1.56 bits per heavy atom. The summed E-state index contributed by atoms with van der Waals surface area (Å²) in [7, 11) is 1.80. The number of nitrogens with zero attached hydrogens (tertiary/aromatic N) is 2. The first kappa shape index (κ1) is 12.1. The van der Waals surface area contributed by atoms with Gasteiger partial charge in [-0.25, -0.2) is 9.18 Å². The van der Waals surface area contributed by atoms with Gasteiger partial charge >= 0.3 is 5.97 Å². The van der Waals surface area contributed by atoms with E-state index < -0.39 is 11.8 Å². The highest BCUT2D eigenvalue weighted by Crippen LogP contribution is 2.12. The zero-order chi connectivity index (χ0) is 13.1. The molecule has 0 atom stereocenters. The van der Waals surface area contributed by atoms with Gasteiger partial charge in [0.1, 0.15) is 5.82 Å². The molecule has 0 unspecified atom stereocenters. The molecule has 0 aliphatic rings. The van der Waals surface area contributed by atoms with Crippen LogP contribution in [0.3, 0.4) is 0 Å². The molecular formula is C12H12FN3O2. The molecule has 0 fully saturated rings. The van der Waals surface area contributed by atoms with Crippen molar-refractivity contribution in [2.45, 2.75) is 6.54 Å². The molecule has 0 spiro atoms. The summed E-state index contributed by atoms with van der Waals surface area (Å²) in [5.41, 5.74) is 1.17. The Bertz CT molecular complexity index is 580. The number of aromatic carboxylic acids is 1. The topological polar surface area (TPSA) is 67.2 Å². The SMILES string of the molecule is Cn1cc(NCc2ccc(C(=O)O)c(F)c2)cn1. The monoisotopic (exact) mass is 249 g/mol. The number of aryl methyl sites for hydroxylation is 1. The van der Waals surface area contributed by atoms with Gasteiger partial charge in [-0.2, -0.15) is 5.10 Å². The maximum absolute atomic E-state index is 13.4. The van der Waals surface area contributed by atoms with E-state index in [0.717, 1.165) is 5.69 Å². The summed E-state index contributed by atoms with van der Waals surface area (Å²) in [5.74, 6) is -1.99. The minimum absolute atomic E-state index is 0.319. The molecule has 6 heteroatoms. The van der Waals surface area contributed by atoms with E-state index in [9.17, 15) is 9.18 Å². The third-order valence-electron chi connectivity index (χ3n) is 2.47. The molecule has 1 heterocycles. The van der Waals surface area contributed by atoms with Crippen LogP contribution in [0.4, 0.5) is 10.1 Å². The van der Waals surface area contributed by atoms with Gasteiger partial charge in [0, 0.05) is 19.8 Å². The summed E-state index contributed by atoms with van der Waals surface area (Å²) < 4.78 is 15.1. The summed E-state index contributed by atoms with van der Waals surface area (Å²) in [6.45, 7) is 0.405. The molecule has 0 bridgehead atoms. The van der Waals surface area contributed by atoms with Crippen molar-refractivity contribution in [1.82, 2.24) is 9.78 Å². The highest BCUT2D eigenvalue weighted by atomic mass is 19.1. The lowest BCUT2D eigenvalue weighted by Gasteiger charge is -2.05. The molecule has 5 nitrogen and oxygen atoms in total. The van der Waals surface area contributed by atoms with E-state index in [1.54, 1.807) is 30.2 Å². The largest absolute Gasteiger partial charge is 0.478 e. The first-order valence-electron chi connectivity index (χ1n) is 5.30. The molecule has 2 rings (SSSR count). The lowest BCUT2D eigenvalue weighted by atomic mass is 10.1. The maximum atomic E-state index is 13.4. The molecule has 18 heavy (non-hydrogen) atoms. The Morgan fingerprint density at radius 3 is 2.89 bits per heavy atom. The first-order chi connectivity index (χ1) is 8.56. The van der Waals surface area contributed by atoms with Crippen LogP contribution >= 0.6 is 0 Å². The van der Waals surface area contributed by atoms with Crippen molar-refractivity contribution in [1.29, 1.82) is 0 Å². The van der Waals surface area contributed by atoms with E-state index in [1.807, 2.05) is 0 Å². The average Bonchev–Trinajstić information content (AvgIpc) is 2.72. The molecule has 0 aliphatic carbocycles. The highest BCUT2D eigenvalue weighted by molar-refractivity contribution is 5.87. The lowest BCUT2D eigenvalue weighted by molar-refractivity contribution is 0.0692. The Kier molecular flexibility index (Phi) is 3.27. The fourth-order valence-corrected chi connectivity index (χ4v) is 1.56. The molecule has 2 aromatic rings. The molecular weight excluding hydrogens is 237 g/mol. The molecule has 0 amide bonds. The smallest absolute Gasteiger partial charge is 0.338 e. The second-order valence-corrected chi connectivity index (χ2v) is 3.88. The van der Waals surface area contributed by atoms with Crippen molar-refractivity contribution in [3.63, 3.8) is 0 Å². The standard InChI is InChI=1S/C12H12FN3O2/c1-16-7-9(6-15-16)14-5-8-2-3-10(12(17)18)11(13)4-8/h2-4,6-7,14H,5H2,1H3,(H,17,18). The van der Waals surface area contributed by atoms with Crippen LogP contribution in [0.1, 0.15) is 15.9 Å². The van der Waals surface area contributed by atoms with Gasteiger partial charge < -0.3 is 10.4 Å². The van der Waals surface area contributed by atoms with Crippen LogP contribution in [0.2, 0.25) is 0 Å². The van der Waals surface area contributed by atoms with Crippen LogP contribution in [0.15, 0.2) is 30.6 Å². The Hall–Kier alpha value is -2.37. The summed E-state index contributed by atoms with van der Waals surface area (Å²) in [6, 6.07) is 4.06. The number of carboxylic acids is 1. The zero-order valence-corrected chi connectivity index (χ0v) is 9.72. The van der Waals surface area contributed by atoms with E-state index in [-0.39, 0.29) is 5.56 Å². The van der Waals surface area contributed by atoms with Crippen LogP contribution in [0.5, 0.6) is 0 Å². The Morgan fingerprint density at radius 2 is 2.33 bits per heavy atom. The number of hydrogen-bond acceptors (Lipinski definition) is 3. The predicted molar refractivity (Wildman–Crippen MR) is 63.9 cm³/mol. The molecule has 0 aliphatic heterocycles. The summed E-state index contributed by atoms with van der Waals surface area (Å²) in [6.07, 6.45) is 3.45. The molecule has 0 saturated carbocycles. The van der Waals surface area contributed by atoms with Crippen molar-refractivity contribution in [2.24, 2.45) is 7.05 Å². The minimum Gasteiger partial charge on any atom is -0.478 e. The number of aromatic nitrogens is 2. The zero-order valence-electron chi connectivity index (χ0n) is 9.72. The van der Waals surface area contributed by atoms with Crippen molar-refractivity contribution < 1.29 is 14.3 Å². The predicted octanol–water partition coefficient (Wildman–Crippen LogP) is 1.87. The van der Waals surface area contributed by atoms with E-state index in [0.29, 0.717) is 12.1 Å². The van der Waals surface area contributed by atoms with E-state index >= 15 is 0 Å². The number of anilines is 1. The van der Waals surface area contributed by atoms with Gasteiger partial charge in [-0.05, 0) is 17.7 Å². The van der Waals surface area contributed by atoms with Crippen LogP contribution in [-0.2, 0) is 13.6 Å². The summed E-state index contributed by atoms with van der Waals surface area (Å²) in [5, 5.41) is 15.7. The number of benzene rings is 1. The van der Waals surface area contributed by atoms with Crippen molar-refractivity contribution in [3.05, 3.63) is 47.5 Å². The van der Waals surface area contributed by atoms with Gasteiger partial charge in [0.25, 0.3) is 0 Å². The highest BCUT2D eigenvalue weighted by Gasteiger charge is 2.10. The second kappa shape index (κ2) is 4.87. The van der Waals surface area contributed by atoms with Crippen molar-refractivity contribution >= 4 is 11.7 Å². The van der Waals surface area contributed by atoms with Gasteiger partial charge in [-0.3, -0.25) is 4.68 Å². The molecule has 0 radical (unpaired) electrons. The first-order valence-corrected chi connectivity index (χ1v) is 5.30. The van der Waals surface area contributed by atoms with E-state index in [2.05, 4.69) is 10.4 Å². The number of nitrogens with one attached hydrogen (secondary N) is 1. The molecule has 2 N–H and O–H groups in total. The average molecular weight is 249 g/mol. The van der Waals surface area contributed by atoms with Gasteiger partial charge in [0.2, 0.25) is 0 Å². The number of carbonyl (C=O) groups is 1. The van der Waals surface area contributed by atoms with Gasteiger partial charge in [-0.1, -0.05) is 6.07 Å². The summed E-state index contributed by atoms with van der Waals surface area (Å²) >= 11 is 0. The minimum atomic E-state index is -1.26. The molecule has 1 aromatic heterocycles. The van der Waals surface area contributed by atoms with Gasteiger partial charge in [0.15, 0.2) is 0 Å². The van der Waals surface area contributed by atoms with Gasteiger partial charge in [-0.15, -0.1) is 0 Å². The van der Waals surface area contributed by atoms with Crippen LogP contribution in [0.25, 0.3) is 0 Å². The fourth-order valence-electron chi connectivity index (χ4n) is 1.56. The van der Waals surface area contributed by atoms with Gasteiger partial charge in [0.05, 0.1) is 17.4 Å². The fraction of sp³-hybridized carbons (Fsp3) is 0.167. The molecule has 1 aromatic carbocycles. The third kappa shape index (κ3) is 2.65. The quantitative estimate of drug-likeness (QED) is 0.868. The van der Waals surface area contributed by atoms with Crippen LogP contribution in [-0.4, -0.2) is 20.9 Å². The number of hydrogen-bond donors (Lipinski definition) is 2. The molecule has 94 valence electrons. The molecule has 0 saturated heterocycles. The summed E-state index contributed by atoms with van der Waals surface area (Å²) in [4.78, 5) is 10.6. The Balaban J connectivity index is 2.06. The van der Waals surface area contributed by atoms with E-state index in [1.165, 1.54) is 12.1 Å². The third-order valence-corrected chi connectivity index (χ3v) is 2.47. The number of halogens is 1. The van der Waals surface area contributed by atoms with Crippen LogP contribution < -0.4 is 5.32 Å². The van der Waals surface area contributed by atoms with Crippen LogP contribution in [0, 0.1) is 5.82 Å². The second-order valence-electron chi connectivity index (χ2n) is 3.88. The van der Waals surface area contributed by atoms with Crippen molar-refractivity contribution in [2.75, 3.05) is 5.32 Å². The number of carboxylic acid groups (broad SMARTS) is 1. The van der Waals surface area contributed by atoms with Crippen molar-refractivity contribution in [3.8, 4) is 0 Å². The van der Waals surface area contributed by atoms with E-state index in [4.69, 9.17) is 5.11 Å². The normalized spacial score (nSPS) is 10.3. The Labute approximate surface area is 103 Å². The maximum Gasteiger partial charge on any atom is 0.338 e. The number of rotatable bonds is 4.